The normalized spacial score (nSPS) is 20.3. The fraction of sp³-hybridized carbons (Fsp3) is 0.632. The summed E-state index contributed by atoms with van der Waals surface area (Å²) in [5.41, 5.74) is 2.02. The minimum absolute atomic E-state index is 0.0602. The third kappa shape index (κ3) is 6.61. The van der Waals surface area contributed by atoms with Crippen LogP contribution in [0.5, 0.6) is 5.75 Å². The molecule has 1 aliphatic carbocycles. The summed E-state index contributed by atoms with van der Waals surface area (Å²) < 4.78 is 42.0. The van der Waals surface area contributed by atoms with Gasteiger partial charge in [-0.1, -0.05) is 12.1 Å². The van der Waals surface area contributed by atoms with Gasteiger partial charge in [-0.3, -0.25) is 0 Å². The molecule has 2 N–H and O–H groups in total. The van der Waals surface area contributed by atoms with E-state index in [1.54, 1.807) is 33.0 Å². The van der Waals surface area contributed by atoms with Gasteiger partial charge < -0.3 is 20.1 Å². The Hall–Kier alpha value is -1.96. The number of amides is 2. The molecule has 27 heavy (non-hydrogen) atoms. The lowest BCUT2D eigenvalue weighted by Crippen LogP contribution is -2.44. The van der Waals surface area contributed by atoms with Gasteiger partial charge in [-0.05, 0) is 56.2 Å². The predicted octanol–water partition coefficient (Wildman–Crippen LogP) is 3.69. The van der Waals surface area contributed by atoms with Crippen LogP contribution in [0.1, 0.15) is 42.4 Å². The first kappa shape index (κ1) is 21.3. The fourth-order valence-electron chi connectivity index (χ4n) is 3.36. The number of aryl methyl sites for hydroxylation is 2. The molecule has 0 saturated heterocycles. The second-order valence-electron chi connectivity index (χ2n) is 7.27. The highest BCUT2D eigenvalue weighted by molar-refractivity contribution is 5.74. The Labute approximate surface area is 157 Å². The van der Waals surface area contributed by atoms with E-state index in [1.807, 2.05) is 0 Å². The molecule has 5 nitrogen and oxygen atoms in total. The number of hydrogen-bond donors (Lipinski definition) is 2. The van der Waals surface area contributed by atoms with Crippen LogP contribution in [0.3, 0.4) is 0 Å². The lowest BCUT2D eigenvalue weighted by molar-refractivity contribution is -0.153. The number of urea groups is 1. The largest absolute Gasteiger partial charge is 0.484 e. The van der Waals surface area contributed by atoms with Crippen LogP contribution in [-0.4, -0.2) is 48.0 Å². The molecule has 0 aliphatic heterocycles. The molecule has 1 aromatic rings. The summed E-state index contributed by atoms with van der Waals surface area (Å²) in [5, 5.41) is 12.5. The Morgan fingerprint density at radius 1 is 1.22 bits per heavy atom. The molecule has 0 aromatic heterocycles. The summed E-state index contributed by atoms with van der Waals surface area (Å²) >= 11 is 0. The number of rotatable bonds is 5. The summed E-state index contributed by atoms with van der Waals surface area (Å²) in [6.45, 7) is 2.39. The molecule has 1 fully saturated rings. The van der Waals surface area contributed by atoms with E-state index in [9.17, 15) is 23.1 Å². The van der Waals surface area contributed by atoms with Crippen LogP contribution in [0, 0.1) is 13.8 Å². The molecule has 0 spiro atoms. The van der Waals surface area contributed by atoms with Crippen LogP contribution in [-0.2, 0) is 6.54 Å². The van der Waals surface area contributed by atoms with Crippen LogP contribution in [0.15, 0.2) is 12.1 Å². The maximum Gasteiger partial charge on any atom is 0.422 e. The second kappa shape index (κ2) is 8.82. The van der Waals surface area contributed by atoms with E-state index in [-0.39, 0.29) is 23.9 Å². The molecule has 0 unspecified atom stereocenters. The molecule has 152 valence electrons. The standard InChI is InChI=1S/C19H27F3N2O3/c1-12-8-14(9-13(2)17(12)27-11-19(20,21)22)10-24(3)18(26)23-15-4-6-16(25)7-5-15/h8-9,15-16,25H,4-7,10-11H2,1-3H3,(H,23,26). The van der Waals surface area contributed by atoms with Crippen molar-refractivity contribution in [1.82, 2.24) is 10.2 Å². The number of carbonyl (C=O) groups excluding carboxylic acids is 1. The Bertz CT molecular complexity index is 633. The zero-order valence-electron chi connectivity index (χ0n) is 15.9. The number of nitrogens with one attached hydrogen (secondary N) is 1. The van der Waals surface area contributed by atoms with Gasteiger partial charge in [0.2, 0.25) is 0 Å². The molecule has 8 heteroatoms. The van der Waals surface area contributed by atoms with Gasteiger partial charge in [0, 0.05) is 19.6 Å². The molecule has 2 amide bonds. The van der Waals surface area contributed by atoms with Gasteiger partial charge in [-0.2, -0.15) is 13.2 Å². The topological polar surface area (TPSA) is 61.8 Å². The minimum atomic E-state index is -4.38. The summed E-state index contributed by atoms with van der Waals surface area (Å²) in [5.74, 6) is 0.226. The smallest absolute Gasteiger partial charge is 0.422 e. The lowest BCUT2D eigenvalue weighted by Gasteiger charge is -2.28. The minimum Gasteiger partial charge on any atom is -0.484 e. The first-order valence-electron chi connectivity index (χ1n) is 9.04. The molecule has 0 bridgehead atoms. The Morgan fingerprint density at radius 3 is 2.30 bits per heavy atom. The van der Waals surface area contributed by atoms with Gasteiger partial charge in [0.05, 0.1) is 6.10 Å². The predicted molar refractivity (Wildman–Crippen MR) is 95.7 cm³/mol. The number of benzene rings is 1. The number of ether oxygens (including phenoxy) is 1. The average molecular weight is 388 g/mol. The number of hydrogen-bond acceptors (Lipinski definition) is 3. The van der Waals surface area contributed by atoms with Crippen molar-refractivity contribution in [3.05, 3.63) is 28.8 Å². The first-order valence-corrected chi connectivity index (χ1v) is 9.04. The number of aliphatic hydroxyl groups is 1. The molecular formula is C19H27F3N2O3. The molecule has 0 heterocycles. The second-order valence-corrected chi connectivity index (χ2v) is 7.27. The maximum absolute atomic E-state index is 12.4. The van der Waals surface area contributed by atoms with Crippen molar-refractivity contribution < 1.29 is 27.8 Å². The number of carbonyl (C=O) groups is 1. The van der Waals surface area contributed by atoms with Gasteiger partial charge in [-0.25, -0.2) is 4.79 Å². The van der Waals surface area contributed by atoms with Crippen LogP contribution in [0.2, 0.25) is 0 Å². The van der Waals surface area contributed by atoms with E-state index in [0.717, 1.165) is 18.4 Å². The molecular weight excluding hydrogens is 361 g/mol. The van der Waals surface area contributed by atoms with Gasteiger partial charge in [-0.15, -0.1) is 0 Å². The molecule has 2 rings (SSSR count). The molecule has 0 radical (unpaired) electrons. The highest BCUT2D eigenvalue weighted by Gasteiger charge is 2.29. The van der Waals surface area contributed by atoms with Crippen molar-refractivity contribution in [3.63, 3.8) is 0 Å². The van der Waals surface area contributed by atoms with Crippen LogP contribution < -0.4 is 10.1 Å². The SMILES string of the molecule is Cc1cc(CN(C)C(=O)NC2CCC(O)CC2)cc(C)c1OCC(F)(F)F. The van der Waals surface area contributed by atoms with Crippen molar-refractivity contribution >= 4 is 6.03 Å². The van der Waals surface area contributed by atoms with E-state index < -0.39 is 12.8 Å². The Balaban J connectivity index is 1.94. The number of halogens is 3. The molecule has 1 saturated carbocycles. The van der Waals surface area contributed by atoms with Crippen molar-refractivity contribution in [2.24, 2.45) is 0 Å². The zero-order valence-corrected chi connectivity index (χ0v) is 15.9. The quantitative estimate of drug-likeness (QED) is 0.809. The highest BCUT2D eigenvalue weighted by atomic mass is 19.4. The van der Waals surface area contributed by atoms with Crippen molar-refractivity contribution in [3.8, 4) is 5.75 Å². The fourth-order valence-corrected chi connectivity index (χ4v) is 3.36. The Morgan fingerprint density at radius 2 is 1.78 bits per heavy atom. The third-order valence-corrected chi connectivity index (χ3v) is 4.69. The monoisotopic (exact) mass is 388 g/mol. The van der Waals surface area contributed by atoms with Crippen molar-refractivity contribution in [1.29, 1.82) is 0 Å². The zero-order chi connectivity index (χ0) is 20.2. The third-order valence-electron chi connectivity index (χ3n) is 4.69. The van der Waals surface area contributed by atoms with E-state index in [2.05, 4.69) is 5.32 Å². The molecule has 1 aliphatic rings. The molecule has 0 atom stereocenters. The highest BCUT2D eigenvalue weighted by Crippen LogP contribution is 2.27. The van der Waals surface area contributed by atoms with Gasteiger partial charge >= 0.3 is 12.2 Å². The maximum atomic E-state index is 12.4. The molecule has 1 aromatic carbocycles. The average Bonchev–Trinajstić information content (AvgIpc) is 2.55. The van der Waals surface area contributed by atoms with E-state index in [4.69, 9.17) is 4.74 Å². The first-order chi connectivity index (χ1) is 12.5. The lowest BCUT2D eigenvalue weighted by atomic mass is 9.93. The van der Waals surface area contributed by atoms with Gasteiger partial charge in [0.25, 0.3) is 0 Å². The summed E-state index contributed by atoms with van der Waals surface area (Å²) in [6.07, 6.45) is -1.78. The van der Waals surface area contributed by atoms with Crippen LogP contribution in [0.4, 0.5) is 18.0 Å². The summed E-state index contributed by atoms with van der Waals surface area (Å²) in [4.78, 5) is 13.9. The van der Waals surface area contributed by atoms with Gasteiger partial charge in [0.1, 0.15) is 5.75 Å². The van der Waals surface area contributed by atoms with Crippen molar-refractivity contribution in [2.75, 3.05) is 13.7 Å². The number of alkyl halides is 3. The van der Waals surface area contributed by atoms with Crippen LogP contribution >= 0.6 is 0 Å². The van der Waals surface area contributed by atoms with E-state index >= 15 is 0 Å². The van der Waals surface area contributed by atoms with E-state index in [1.165, 1.54) is 4.90 Å². The van der Waals surface area contributed by atoms with Crippen LogP contribution in [0.25, 0.3) is 0 Å². The van der Waals surface area contributed by atoms with E-state index in [0.29, 0.717) is 30.5 Å². The number of nitrogens with zero attached hydrogens (tertiary/aromatic N) is 1. The summed E-state index contributed by atoms with van der Waals surface area (Å²) in [7, 11) is 1.67. The Kier molecular flexibility index (Phi) is 6.97. The van der Waals surface area contributed by atoms with Crippen molar-refractivity contribution in [2.45, 2.75) is 64.4 Å². The number of aliphatic hydroxyl groups excluding tert-OH is 1. The summed E-state index contributed by atoms with van der Waals surface area (Å²) in [6, 6.07) is 3.33. The van der Waals surface area contributed by atoms with Gasteiger partial charge in [0.15, 0.2) is 6.61 Å².